The smallest absolute Gasteiger partial charge is 0.255 e. The molecule has 0 spiro atoms. The van der Waals surface area contributed by atoms with Crippen molar-refractivity contribution in [2.75, 3.05) is 13.1 Å². The number of piperidine rings is 1. The second-order valence-corrected chi connectivity index (χ2v) is 7.43. The Labute approximate surface area is 143 Å². The maximum Gasteiger partial charge on any atom is 0.255 e. The fraction of sp³-hybridized carbons (Fsp3) is 0.579. The van der Waals surface area contributed by atoms with Crippen molar-refractivity contribution in [2.45, 2.75) is 58.5 Å². The molecule has 128 valence electrons. The van der Waals surface area contributed by atoms with Crippen molar-refractivity contribution in [3.05, 3.63) is 41.0 Å². The molecule has 1 saturated carbocycles. The highest BCUT2D eigenvalue weighted by molar-refractivity contribution is 5.95. The minimum absolute atomic E-state index is 0.184. The first-order valence-corrected chi connectivity index (χ1v) is 9.03. The third-order valence-electron chi connectivity index (χ3n) is 5.42. The number of amides is 1. The lowest BCUT2D eigenvalue weighted by molar-refractivity contribution is 0.0672. The normalized spacial score (nSPS) is 21.3. The van der Waals surface area contributed by atoms with E-state index in [0.29, 0.717) is 12.1 Å². The van der Waals surface area contributed by atoms with Crippen LogP contribution in [0.4, 0.5) is 0 Å². The summed E-state index contributed by atoms with van der Waals surface area (Å²) in [5.74, 6) is 0.184. The van der Waals surface area contributed by atoms with Crippen LogP contribution >= 0.6 is 0 Å². The van der Waals surface area contributed by atoms with Crippen LogP contribution in [0.2, 0.25) is 0 Å². The van der Waals surface area contributed by atoms with E-state index < -0.39 is 0 Å². The fourth-order valence-corrected chi connectivity index (χ4v) is 4.05. The van der Waals surface area contributed by atoms with Gasteiger partial charge in [-0.05, 0) is 58.1 Å². The minimum atomic E-state index is 0.184. The Morgan fingerprint density at radius 1 is 1.17 bits per heavy atom. The van der Waals surface area contributed by atoms with Crippen molar-refractivity contribution in [3.8, 4) is 0 Å². The van der Waals surface area contributed by atoms with Gasteiger partial charge >= 0.3 is 0 Å². The molecule has 0 aromatic carbocycles. The Kier molecular flexibility index (Phi) is 3.74. The summed E-state index contributed by atoms with van der Waals surface area (Å²) in [6, 6.07) is 2.99. The molecule has 1 saturated heterocycles. The predicted molar refractivity (Wildman–Crippen MR) is 93.3 cm³/mol. The molecule has 0 N–H and O–H groups in total. The maximum atomic E-state index is 13.1. The molecule has 1 aliphatic heterocycles. The summed E-state index contributed by atoms with van der Waals surface area (Å²) in [6.45, 7) is 7.88. The third kappa shape index (κ3) is 2.66. The number of nitrogens with zero attached hydrogens (tertiary/aromatic N) is 4. The van der Waals surface area contributed by atoms with Crippen LogP contribution in [0.25, 0.3) is 0 Å². The molecule has 2 aromatic rings. The zero-order valence-corrected chi connectivity index (χ0v) is 14.8. The van der Waals surface area contributed by atoms with E-state index in [2.05, 4.69) is 42.7 Å². The number of carbonyl (C=O) groups is 1. The lowest BCUT2D eigenvalue weighted by Crippen LogP contribution is -2.41. The first-order chi connectivity index (χ1) is 11.5. The van der Waals surface area contributed by atoms with Gasteiger partial charge in [-0.25, -0.2) is 0 Å². The van der Waals surface area contributed by atoms with Crippen LogP contribution in [-0.2, 0) is 0 Å². The van der Waals surface area contributed by atoms with Gasteiger partial charge in [0.2, 0.25) is 0 Å². The monoisotopic (exact) mass is 326 g/mol. The molecule has 2 fully saturated rings. The largest absolute Gasteiger partial charge is 0.345 e. The number of hydrogen-bond donors (Lipinski definition) is 0. The Morgan fingerprint density at radius 2 is 1.96 bits per heavy atom. The molecular formula is C19H26N4O. The van der Waals surface area contributed by atoms with Crippen LogP contribution < -0.4 is 0 Å². The lowest BCUT2D eigenvalue weighted by Gasteiger charge is -2.33. The minimum Gasteiger partial charge on any atom is -0.345 e. The molecule has 5 nitrogen and oxygen atoms in total. The van der Waals surface area contributed by atoms with Crippen molar-refractivity contribution in [3.63, 3.8) is 0 Å². The number of hydrogen-bond acceptors (Lipinski definition) is 2. The SMILES string of the molecule is Cc1cnn([C@H]2CCCN(C(=O)c3cc(C)n(C4CC4)c3C)C2)c1. The summed E-state index contributed by atoms with van der Waals surface area (Å²) >= 11 is 0. The molecular weight excluding hydrogens is 300 g/mol. The van der Waals surface area contributed by atoms with Crippen molar-refractivity contribution >= 4 is 5.91 Å². The van der Waals surface area contributed by atoms with Gasteiger partial charge in [-0.15, -0.1) is 0 Å². The molecule has 2 aliphatic rings. The predicted octanol–water partition coefficient (Wildman–Crippen LogP) is 3.42. The molecule has 1 aliphatic carbocycles. The van der Waals surface area contributed by atoms with Gasteiger partial charge in [-0.3, -0.25) is 9.48 Å². The fourth-order valence-electron chi connectivity index (χ4n) is 4.05. The van der Waals surface area contributed by atoms with Crippen molar-refractivity contribution < 1.29 is 4.79 Å². The van der Waals surface area contributed by atoms with Crippen molar-refractivity contribution in [1.29, 1.82) is 0 Å². The van der Waals surface area contributed by atoms with E-state index in [0.717, 1.165) is 37.2 Å². The van der Waals surface area contributed by atoms with Gasteiger partial charge in [0.25, 0.3) is 5.91 Å². The van der Waals surface area contributed by atoms with Gasteiger partial charge in [0, 0.05) is 36.7 Å². The highest BCUT2D eigenvalue weighted by Crippen LogP contribution is 2.38. The van der Waals surface area contributed by atoms with Gasteiger partial charge in [0.1, 0.15) is 0 Å². The Balaban J connectivity index is 1.55. The molecule has 24 heavy (non-hydrogen) atoms. The highest BCUT2D eigenvalue weighted by Gasteiger charge is 2.31. The van der Waals surface area contributed by atoms with Gasteiger partial charge in [-0.2, -0.15) is 5.10 Å². The van der Waals surface area contributed by atoms with Gasteiger partial charge in [0.05, 0.1) is 17.8 Å². The van der Waals surface area contributed by atoms with E-state index in [9.17, 15) is 4.79 Å². The van der Waals surface area contributed by atoms with Gasteiger partial charge in [0.15, 0.2) is 0 Å². The van der Waals surface area contributed by atoms with Crippen LogP contribution in [0.5, 0.6) is 0 Å². The van der Waals surface area contributed by atoms with Crippen LogP contribution in [0.1, 0.15) is 65.1 Å². The molecule has 0 unspecified atom stereocenters. The van der Waals surface area contributed by atoms with E-state index in [1.54, 1.807) is 0 Å². The third-order valence-corrected chi connectivity index (χ3v) is 5.42. The first kappa shape index (κ1) is 15.5. The molecule has 5 heteroatoms. The number of carbonyl (C=O) groups excluding carboxylic acids is 1. The molecule has 0 radical (unpaired) electrons. The van der Waals surface area contributed by atoms with Crippen LogP contribution in [0.15, 0.2) is 18.5 Å². The molecule has 0 bridgehead atoms. The zero-order chi connectivity index (χ0) is 16.8. The van der Waals surface area contributed by atoms with E-state index in [4.69, 9.17) is 0 Å². The molecule has 2 aromatic heterocycles. The standard InChI is InChI=1S/C19H26N4O/c1-13-10-20-22(11-13)17-5-4-8-21(12-17)19(24)18-9-14(2)23(15(18)3)16-6-7-16/h9-11,16-17H,4-8,12H2,1-3H3/t17-/m0/s1. The quantitative estimate of drug-likeness (QED) is 0.867. The van der Waals surface area contributed by atoms with E-state index in [1.807, 2.05) is 15.8 Å². The van der Waals surface area contributed by atoms with Crippen LogP contribution in [-0.4, -0.2) is 38.2 Å². The average molecular weight is 326 g/mol. The zero-order valence-electron chi connectivity index (χ0n) is 14.8. The maximum absolute atomic E-state index is 13.1. The summed E-state index contributed by atoms with van der Waals surface area (Å²) < 4.78 is 4.38. The lowest BCUT2D eigenvalue weighted by atomic mass is 10.0. The van der Waals surface area contributed by atoms with E-state index >= 15 is 0 Å². The first-order valence-electron chi connectivity index (χ1n) is 9.03. The summed E-state index contributed by atoms with van der Waals surface area (Å²) in [5.41, 5.74) is 4.41. The average Bonchev–Trinajstić information content (AvgIpc) is 3.24. The molecule has 3 heterocycles. The summed E-state index contributed by atoms with van der Waals surface area (Å²) in [5, 5.41) is 4.45. The Morgan fingerprint density at radius 3 is 2.62 bits per heavy atom. The molecule has 1 amide bonds. The number of aryl methyl sites for hydroxylation is 2. The summed E-state index contributed by atoms with van der Waals surface area (Å²) in [7, 11) is 0. The van der Waals surface area contributed by atoms with Crippen molar-refractivity contribution in [1.82, 2.24) is 19.2 Å². The number of rotatable bonds is 3. The number of aromatic nitrogens is 3. The second-order valence-electron chi connectivity index (χ2n) is 7.43. The molecule has 1 atom stereocenters. The number of likely N-dealkylation sites (tertiary alicyclic amines) is 1. The topological polar surface area (TPSA) is 43.1 Å². The van der Waals surface area contributed by atoms with Gasteiger partial charge < -0.3 is 9.47 Å². The highest BCUT2D eigenvalue weighted by atomic mass is 16.2. The summed E-state index contributed by atoms with van der Waals surface area (Å²) in [4.78, 5) is 15.1. The summed E-state index contributed by atoms with van der Waals surface area (Å²) in [6.07, 6.45) is 8.59. The molecule has 4 rings (SSSR count). The van der Waals surface area contributed by atoms with E-state index in [-0.39, 0.29) is 5.91 Å². The van der Waals surface area contributed by atoms with Gasteiger partial charge in [-0.1, -0.05) is 0 Å². The second kappa shape index (κ2) is 5.80. The van der Waals surface area contributed by atoms with Crippen LogP contribution in [0, 0.1) is 20.8 Å². The van der Waals surface area contributed by atoms with Crippen molar-refractivity contribution in [2.24, 2.45) is 0 Å². The Hall–Kier alpha value is -2.04. The van der Waals surface area contributed by atoms with E-state index in [1.165, 1.54) is 24.1 Å². The Bertz CT molecular complexity index is 768. The van der Waals surface area contributed by atoms with Crippen LogP contribution in [0.3, 0.4) is 0 Å².